The highest BCUT2D eigenvalue weighted by Gasteiger charge is 2.28. The van der Waals surface area contributed by atoms with Crippen LogP contribution in [0.5, 0.6) is 5.75 Å². The second-order valence-electron chi connectivity index (χ2n) is 8.61. The molecule has 0 saturated carbocycles. The Morgan fingerprint density at radius 2 is 1.07 bits per heavy atom. The summed E-state index contributed by atoms with van der Waals surface area (Å²) in [6.45, 7) is 0. The maximum Gasteiger partial charge on any atom is 0.296 e. The number of azo groups is 2. The maximum atomic E-state index is 12.2. The molecule has 21 heteroatoms. The van der Waals surface area contributed by atoms with Crippen molar-refractivity contribution in [2.45, 2.75) is 19.6 Å². The first-order valence-electron chi connectivity index (χ1n) is 11.1. The van der Waals surface area contributed by atoms with E-state index in [1.165, 1.54) is 18.2 Å². The molecule has 0 aliphatic carbocycles. The predicted molar refractivity (Wildman–Crippen MR) is 157 cm³/mol. The zero-order valence-electron chi connectivity index (χ0n) is 21.1. The first kappa shape index (κ1) is 31.6. The third-order valence-electron chi connectivity index (χ3n) is 5.65. The van der Waals surface area contributed by atoms with Gasteiger partial charge in [0, 0.05) is 16.3 Å². The fourth-order valence-corrected chi connectivity index (χ4v) is 5.88. The standard InChI is InChI=1S/C22H19N7O10S4/c23-10-1-3-14(40)12(7-10)26-28-20-16(42(34,35)36)5-9-6-17(43(37,38)39)21(22(30)18(9)19(20)25)29-27-13-8-11(24)2-4-15(13)41(31,32)33/h1-8,30,40H,23-25H2,(H,31,32,33)(H,34,35,36)(H,37,38,39). The lowest BCUT2D eigenvalue weighted by Gasteiger charge is -2.14. The van der Waals surface area contributed by atoms with Gasteiger partial charge in [-0.25, -0.2) is 0 Å². The summed E-state index contributed by atoms with van der Waals surface area (Å²) in [5.74, 6) is -1.10. The monoisotopic (exact) mass is 669 g/mol. The minimum Gasteiger partial charge on any atom is -0.505 e. The molecular formula is C22H19N7O10S4. The molecule has 0 radical (unpaired) electrons. The number of fused-ring (bicyclic) bond motifs is 1. The van der Waals surface area contributed by atoms with Gasteiger partial charge in [-0.05, 0) is 53.9 Å². The number of hydrogen-bond donors (Lipinski definition) is 8. The summed E-state index contributed by atoms with van der Waals surface area (Å²) in [6.07, 6.45) is 0. The van der Waals surface area contributed by atoms with Gasteiger partial charge >= 0.3 is 0 Å². The fraction of sp³-hybridized carbons (Fsp3) is 0. The van der Waals surface area contributed by atoms with Crippen molar-refractivity contribution in [1.82, 2.24) is 0 Å². The van der Waals surface area contributed by atoms with E-state index in [0.29, 0.717) is 12.1 Å². The third-order valence-corrected chi connectivity index (χ3v) is 8.66. The van der Waals surface area contributed by atoms with Gasteiger partial charge in [0.1, 0.15) is 37.4 Å². The summed E-state index contributed by atoms with van der Waals surface area (Å²) in [5.41, 5.74) is 14.8. The number of phenolic OH excluding ortho intramolecular Hbond substituents is 1. The predicted octanol–water partition coefficient (Wildman–Crippen LogP) is 4.15. The zero-order chi connectivity index (χ0) is 32.1. The Kier molecular flexibility index (Phi) is 8.10. The van der Waals surface area contributed by atoms with Crippen molar-refractivity contribution < 1.29 is 44.0 Å². The summed E-state index contributed by atoms with van der Waals surface area (Å²) in [5, 5.41) is 25.0. The molecule has 4 aromatic rings. The second-order valence-corrected chi connectivity index (χ2v) is 13.3. The van der Waals surface area contributed by atoms with Gasteiger partial charge in [0.15, 0.2) is 5.75 Å². The number of thiol groups is 1. The summed E-state index contributed by atoms with van der Waals surface area (Å²) >= 11 is 4.20. The quantitative estimate of drug-likeness (QED) is 0.0594. The Labute approximate surface area is 248 Å². The molecule has 10 N–H and O–H groups in total. The molecule has 0 aliphatic heterocycles. The van der Waals surface area contributed by atoms with Crippen molar-refractivity contribution in [2.24, 2.45) is 20.5 Å². The molecule has 0 aliphatic rings. The van der Waals surface area contributed by atoms with Crippen LogP contribution in [0.4, 0.5) is 39.8 Å². The Morgan fingerprint density at radius 1 is 0.605 bits per heavy atom. The van der Waals surface area contributed by atoms with Gasteiger partial charge in [-0.2, -0.15) is 25.3 Å². The van der Waals surface area contributed by atoms with Crippen molar-refractivity contribution in [3.05, 3.63) is 48.5 Å². The zero-order valence-corrected chi connectivity index (χ0v) is 24.4. The molecule has 0 aromatic heterocycles. The van der Waals surface area contributed by atoms with Gasteiger partial charge in [-0.15, -0.1) is 33.1 Å². The van der Waals surface area contributed by atoms with Crippen LogP contribution in [0.25, 0.3) is 10.8 Å². The van der Waals surface area contributed by atoms with Gasteiger partial charge in [-0.3, -0.25) is 13.7 Å². The normalized spacial score (nSPS) is 12.9. The van der Waals surface area contributed by atoms with Crippen LogP contribution in [0.2, 0.25) is 0 Å². The fourth-order valence-electron chi connectivity index (χ4n) is 3.76. The van der Waals surface area contributed by atoms with Crippen LogP contribution in [0.3, 0.4) is 0 Å². The molecule has 0 fully saturated rings. The topological polar surface area (TPSA) is 311 Å². The van der Waals surface area contributed by atoms with Gasteiger partial charge in [0.05, 0.1) is 11.1 Å². The number of anilines is 3. The molecule has 43 heavy (non-hydrogen) atoms. The molecule has 4 rings (SSSR count). The van der Waals surface area contributed by atoms with E-state index in [0.717, 1.165) is 18.2 Å². The van der Waals surface area contributed by atoms with Crippen molar-refractivity contribution in [2.75, 3.05) is 17.2 Å². The Hall–Kier alpha value is -4.38. The van der Waals surface area contributed by atoms with Crippen LogP contribution in [-0.4, -0.2) is 44.0 Å². The van der Waals surface area contributed by atoms with E-state index < -0.39 is 84.3 Å². The number of nitrogens with two attached hydrogens (primary N) is 3. The molecule has 4 aromatic carbocycles. The minimum absolute atomic E-state index is 0.0411. The lowest BCUT2D eigenvalue weighted by atomic mass is 10.1. The molecule has 226 valence electrons. The summed E-state index contributed by atoms with van der Waals surface area (Å²) in [7, 11) is -15.2. The molecule has 0 amide bonds. The van der Waals surface area contributed by atoms with Crippen LogP contribution in [0, 0.1) is 0 Å². The average molecular weight is 670 g/mol. The number of phenols is 1. The second kappa shape index (κ2) is 11.0. The Morgan fingerprint density at radius 3 is 1.63 bits per heavy atom. The highest BCUT2D eigenvalue weighted by molar-refractivity contribution is 7.86. The van der Waals surface area contributed by atoms with Gasteiger partial charge < -0.3 is 22.3 Å². The van der Waals surface area contributed by atoms with Crippen molar-refractivity contribution in [1.29, 1.82) is 0 Å². The molecular weight excluding hydrogens is 651 g/mol. The van der Waals surface area contributed by atoms with E-state index >= 15 is 0 Å². The van der Waals surface area contributed by atoms with Gasteiger partial charge in [0.2, 0.25) is 0 Å². The highest BCUT2D eigenvalue weighted by atomic mass is 32.2. The van der Waals surface area contributed by atoms with Gasteiger partial charge in [0.25, 0.3) is 30.4 Å². The first-order chi connectivity index (χ1) is 19.8. The van der Waals surface area contributed by atoms with Crippen LogP contribution in [-0.2, 0) is 30.4 Å². The van der Waals surface area contributed by atoms with E-state index in [-0.39, 0.29) is 22.0 Å². The maximum absolute atomic E-state index is 12.2. The molecule has 17 nitrogen and oxygen atoms in total. The van der Waals surface area contributed by atoms with Crippen LogP contribution < -0.4 is 17.2 Å². The van der Waals surface area contributed by atoms with Crippen molar-refractivity contribution in [3.8, 4) is 5.75 Å². The lowest BCUT2D eigenvalue weighted by Crippen LogP contribution is -2.04. The molecule has 0 bridgehead atoms. The van der Waals surface area contributed by atoms with E-state index in [1.807, 2.05) is 0 Å². The van der Waals surface area contributed by atoms with Crippen LogP contribution >= 0.6 is 12.6 Å². The first-order valence-corrected chi connectivity index (χ1v) is 15.9. The molecule has 0 unspecified atom stereocenters. The van der Waals surface area contributed by atoms with E-state index in [2.05, 4.69) is 33.1 Å². The SMILES string of the molecule is Nc1ccc(S)c(N=Nc2c(S(=O)(=O)O)cc3cc(S(=O)(=O)O)c(N=Nc4cc(N)ccc4S(=O)(=O)O)c(O)c3c2N)c1. The van der Waals surface area contributed by atoms with E-state index in [4.69, 9.17) is 17.2 Å². The number of nitrogens with zero attached hydrogens (tertiary/aromatic N) is 4. The van der Waals surface area contributed by atoms with E-state index in [1.54, 1.807) is 0 Å². The van der Waals surface area contributed by atoms with Crippen molar-refractivity contribution in [3.63, 3.8) is 0 Å². The minimum atomic E-state index is -5.25. The van der Waals surface area contributed by atoms with Crippen molar-refractivity contribution >= 4 is 93.6 Å². The number of aromatic hydroxyl groups is 1. The molecule has 0 atom stereocenters. The molecule has 0 heterocycles. The lowest BCUT2D eigenvalue weighted by molar-refractivity contribution is 0.472. The van der Waals surface area contributed by atoms with Crippen LogP contribution in [0.1, 0.15) is 0 Å². The Bertz CT molecular complexity index is 2220. The number of hydrogen-bond acceptors (Lipinski definition) is 15. The van der Waals surface area contributed by atoms with E-state index in [9.17, 15) is 44.0 Å². The molecule has 0 saturated heterocycles. The summed E-state index contributed by atoms with van der Waals surface area (Å²) in [6, 6.07) is 8.59. The third kappa shape index (κ3) is 6.51. The number of rotatable bonds is 7. The Balaban J connectivity index is 2.07. The largest absolute Gasteiger partial charge is 0.505 e. The van der Waals surface area contributed by atoms with Crippen LogP contribution in [0.15, 0.2) is 88.6 Å². The number of benzene rings is 4. The summed E-state index contributed by atoms with van der Waals surface area (Å²) < 4.78 is 102. The smallest absolute Gasteiger partial charge is 0.296 e. The highest BCUT2D eigenvalue weighted by Crippen LogP contribution is 2.48. The summed E-state index contributed by atoms with van der Waals surface area (Å²) in [4.78, 5) is -2.62. The average Bonchev–Trinajstić information content (AvgIpc) is 2.87. The molecule has 0 spiro atoms. The number of nitrogen functional groups attached to an aromatic ring is 3. The van der Waals surface area contributed by atoms with Gasteiger partial charge in [-0.1, -0.05) is 0 Å².